The minimum Gasteiger partial charge on any atom is -0.497 e. The summed E-state index contributed by atoms with van der Waals surface area (Å²) in [4.78, 5) is 23.4. The average molecular weight is 606 g/mol. The second-order valence-electron chi connectivity index (χ2n) is 9.56. The first-order chi connectivity index (χ1) is 20.5. The lowest BCUT2D eigenvalue weighted by atomic mass is 10.2. The summed E-state index contributed by atoms with van der Waals surface area (Å²) in [5.74, 6) is -0.342. The van der Waals surface area contributed by atoms with Crippen LogP contribution in [0.2, 0.25) is 0 Å². The normalized spacial score (nSPS) is 11.4. The number of hydrogen-bond acceptors (Lipinski definition) is 8. The summed E-state index contributed by atoms with van der Waals surface area (Å²) in [5.41, 5.74) is 6.43. The molecule has 224 valence electrons. The third-order valence-electron chi connectivity index (χ3n) is 6.73. The number of aromatic nitrogens is 1. The molecule has 1 aromatic heterocycles. The number of amides is 1. The number of aryl methyl sites for hydroxylation is 2. The summed E-state index contributed by atoms with van der Waals surface area (Å²) < 4.78 is 41.1. The van der Waals surface area contributed by atoms with Crippen molar-refractivity contribution in [3.8, 4) is 17.2 Å². The monoisotopic (exact) mass is 605 g/mol. The largest absolute Gasteiger partial charge is 0.497 e. The molecule has 0 fully saturated rings. The van der Waals surface area contributed by atoms with Crippen molar-refractivity contribution in [1.29, 1.82) is 0 Å². The van der Waals surface area contributed by atoms with E-state index in [1.807, 2.05) is 51.1 Å². The van der Waals surface area contributed by atoms with E-state index in [1.165, 1.54) is 50.8 Å². The highest BCUT2D eigenvalue weighted by Crippen LogP contribution is 2.37. The highest BCUT2D eigenvalue weighted by molar-refractivity contribution is 7.93. The van der Waals surface area contributed by atoms with Crippen LogP contribution in [0.5, 0.6) is 11.5 Å². The fraction of sp³-hybridized carbons (Fsp3) is 0.200. The number of anilines is 1. The van der Waals surface area contributed by atoms with Crippen molar-refractivity contribution < 1.29 is 27.6 Å². The van der Waals surface area contributed by atoms with E-state index in [-0.39, 0.29) is 11.4 Å². The fourth-order valence-corrected chi connectivity index (χ4v) is 6.18. The molecule has 0 saturated heterocycles. The molecular weight excluding hydrogens is 574 g/mol. The number of carbonyl (C=O) groups excluding carboxylic acids is 1. The van der Waals surface area contributed by atoms with Crippen LogP contribution in [-0.2, 0) is 14.8 Å². The van der Waals surface area contributed by atoms with Gasteiger partial charge in [-0.25, -0.2) is 13.8 Å². The molecule has 13 heteroatoms. The van der Waals surface area contributed by atoms with Crippen molar-refractivity contribution in [1.82, 2.24) is 9.99 Å². The number of sulfonamides is 1. The number of carbonyl (C=O) groups is 1. The predicted octanol–water partition coefficient (Wildman–Crippen LogP) is 4.67. The summed E-state index contributed by atoms with van der Waals surface area (Å²) in [6.45, 7) is 5.14. The summed E-state index contributed by atoms with van der Waals surface area (Å²) in [6, 6.07) is 19.2. The first-order valence-corrected chi connectivity index (χ1v) is 14.5. The molecule has 0 aliphatic heterocycles. The Morgan fingerprint density at radius 2 is 1.72 bits per heavy atom. The molecule has 0 atom stereocenters. The molecule has 0 bridgehead atoms. The van der Waals surface area contributed by atoms with Gasteiger partial charge in [0.15, 0.2) is 4.90 Å². The predicted molar refractivity (Wildman–Crippen MR) is 163 cm³/mol. The summed E-state index contributed by atoms with van der Waals surface area (Å²) in [7, 11) is -1.89. The topological polar surface area (TPSA) is 145 Å². The number of benzene rings is 3. The quantitative estimate of drug-likeness (QED) is 0.149. The van der Waals surface area contributed by atoms with Crippen molar-refractivity contribution in [3.05, 3.63) is 105 Å². The van der Waals surface area contributed by atoms with Crippen molar-refractivity contribution in [2.75, 3.05) is 25.1 Å². The lowest BCUT2D eigenvalue weighted by Gasteiger charge is -2.25. The molecule has 1 N–H and O–H groups in total. The zero-order chi connectivity index (χ0) is 31.3. The van der Waals surface area contributed by atoms with Crippen molar-refractivity contribution >= 4 is 33.5 Å². The molecule has 0 aliphatic rings. The van der Waals surface area contributed by atoms with E-state index >= 15 is 0 Å². The highest BCUT2D eigenvalue weighted by Gasteiger charge is 2.34. The number of nitro benzene ring substituents is 1. The molecular formula is C30H31N5O7S. The Hall–Kier alpha value is -5.17. The zero-order valence-corrected chi connectivity index (χ0v) is 25.1. The molecule has 0 spiro atoms. The number of methoxy groups -OCH3 is 2. The van der Waals surface area contributed by atoms with E-state index in [9.17, 15) is 23.3 Å². The van der Waals surface area contributed by atoms with Gasteiger partial charge in [-0.15, -0.1) is 0 Å². The van der Waals surface area contributed by atoms with Gasteiger partial charge in [-0.1, -0.05) is 29.8 Å². The van der Waals surface area contributed by atoms with Gasteiger partial charge in [-0.2, -0.15) is 5.10 Å². The smallest absolute Gasteiger partial charge is 0.289 e. The number of hydrazone groups is 1. The third kappa shape index (κ3) is 6.51. The fourth-order valence-electron chi connectivity index (χ4n) is 4.58. The van der Waals surface area contributed by atoms with Gasteiger partial charge >= 0.3 is 0 Å². The molecule has 0 radical (unpaired) electrons. The molecule has 0 unspecified atom stereocenters. The summed E-state index contributed by atoms with van der Waals surface area (Å²) in [5, 5.41) is 15.7. The zero-order valence-electron chi connectivity index (χ0n) is 24.3. The molecule has 12 nitrogen and oxygen atoms in total. The maximum atomic E-state index is 13.9. The molecule has 43 heavy (non-hydrogen) atoms. The van der Waals surface area contributed by atoms with Crippen LogP contribution in [0.3, 0.4) is 0 Å². The van der Waals surface area contributed by atoms with Gasteiger partial charge in [-0.05, 0) is 57.2 Å². The Balaban J connectivity index is 1.65. The van der Waals surface area contributed by atoms with Gasteiger partial charge in [0.25, 0.3) is 21.6 Å². The van der Waals surface area contributed by atoms with Crippen LogP contribution in [0, 0.1) is 30.9 Å². The number of nitrogens with zero attached hydrogens (tertiary/aromatic N) is 4. The van der Waals surface area contributed by atoms with Gasteiger partial charge in [-0.3, -0.25) is 19.2 Å². The van der Waals surface area contributed by atoms with Crippen LogP contribution in [0.4, 0.5) is 11.4 Å². The van der Waals surface area contributed by atoms with Gasteiger partial charge in [0.1, 0.15) is 18.0 Å². The lowest BCUT2D eigenvalue weighted by Crippen LogP contribution is -2.40. The Bertz CT molecular complexity index is 1800. The van der Waals surface area contributed by atoms with Crippen LogP contribution in [0.1, 0.15) is 22.5 Å². The molecule has 0 saturated carbocycles. The van der Waals surface area contributed by atoms with Crippen LogP contribution in [-0.4, -0.2) is 50.8 Å². The van der Waals surface area contributed by atoms with Crippen LogP contribution in [0.25, 0.3) is 5.69 Å². The highest BCUT2D eigenvalue weighted by atomic mass is 32.2. The molecule has 3 aromatic carbocycles. The first-order valence-electron chi connectivity index (χ1n) is 13.0. The van der Waals surface area contributed by atoms with E-state index in [0.717, 1.165) is 44.6 Å². The number of hydrogen-bond donors (Lipinski definition) is 1. The van der Waals surface area contributed by atoms with Crippen LogP contribution >= 0.6 is 0 Å². The maximum Gasteiger partial charge on any atom is 0.289 e. The lowest BCUT2D eigenvalue weighted by molar-refractivity contribution is -0.387. The number of rotatable bonds is 11. The first kappa shape index (κ1) is 30.8. The summed E-state index contributed by atoms with van der Waals surface area (Å²) in [6.07, 6.45) is 1.47. The molecule has 1 amide bonds. The number of ether oxygens (including phenoxy) is 2. The second-order valence-corrected chi connectivity index (χ2v) is 11.4. The molecule has 4 aromatic rings. The Morgan fingerprint density at radius 1 is 1.02 bits per heavy atom. The van der Waals surface area contributed by atoms with E-state index in [4.69, 9.17) is 9.47 Å². The van der Waals surface area contributed by atoms with Crippen LogP contribution < -0.4 is 19.2 Å². The van der Waals surface area contributed by atoms with Gasteiger partial charge in [0, 0.05) is 34.8 Å². The van der Waals surface area contributed by atoms with E-state index < -0.39 is 38.0 Å². The number of para-hydroxylation sites is 1. The average Bonchev–Trinajstić information content (AvgIpc) is 3.28. The Labute approximate surface area is 249 Å². The maximum absolute atomic E-state index is 13.9. The van der Waals surface area contributed by atoms with Gasteiger partial charge in [0.05, 0.1) is 31.0 Å². The minimum atomic E-state index is -4.64. The summed E-state index contributed by atoms with van der Waals surface area (Å²) >= 11 is 0. The Kier molecular flexibility index (Phi) is 9.15. The molecule has 0 aliphatic carbocycles. The SMILES string of the molecule is COc1ccc(N(CC(=O)N/N=C\c2cc(C)n(-c3ccc(C)cc3)c2C)S(=O)(=O)c2ccccc2[N+](=O)[O-])c(OC)c1. The third-order valence-corrected chi connectivity index (χ3v) is 8.54. The molecule has 1 heterocycles. The van der Waals surface area contributed by atoms with Crippen molar-refractivity contribution in [3.63, 3.8) is 0 Å². The van der Waals surface area contributed by atoms with E-state index in [2.05, 4.69) is 15.1 Å². The second kappa shape index (κ2) is 12.8. The van der Waals surface area contributed by atoms with Crippen molar-refractivity contribution in [2.45, 2.75) is 25.7 Å². The number of nitro groups is 1. The van der Waals surface area contributed by atoms with Gasteiger partial charge in [0.2, 0.25) is 0 Å². The standard InChI is InChI=1S/C30H31N5O7S/c1-20-10-12-24(13-11-20)34-21(2)16-23(22(34)3)18-31-32-30(36)19-33(26-15-14-25(41-4)17-28(26)42-5)43(39,40)29-9-7-6-8-27(29)35(37)38/h6-18H,19H2,1-5H3,(H,32,36)/b31-18-. The Morgan fingerprint density at radius 3 is 2.37 bits per heavy atom. The van der Waals surface area contributed by atoms with Gasteiger partial charge < -0.3 is 14.0 Å². The van der Waals surface area contributed by atoms with Crippen molar-refractivity contribution in [2.24, 2.45) is 5.10 Å². The van der Waals surface area contributed by atoms with E-state index in [0.29, 0.717) is 5.75 Å². The minimum absolute atomic E-state index is 0.0257. The van der Waals surface area contributed by atoms with Crippen LogP contribution in [0.15, 0.2) is 82.8 Å². The number of nitrogens with one attached hydrogen (secondary N) is 1. The molecule has 4 rings (SSSR count). The van der Waals surface area contributed by atoms with E-state index in [1.54, 1.807) is 0 Å².